The van der Waals surface area contributed by atoms with Crippen LogP contribution >= 0.6 is 0 Å². The lowest BCUT2D eigenvalue weighted by molar-refractivity contribution is -0.134. The Hall–Kier alpha value is -2.96. The number of nitrogens with one attached hydrogen (secondary N) is 1. The molecular formula is C22H29N5O2. The van der Waals surface area contributed by atoms with Gasteiger partial charge in [0.25, 0.3) is 0 Å². The Balaban J connectivity index is 1.43. The Morgan fingerprint density at radius 2 is 1.62 bits per heavy atom. The van der Waals surface area contributed by atoms with Gasteiger partial charge in [-0.1, -0.05) is 30.3 Å². The van der Waals surface area contributed by atoms with Gasteiger partial charge in [0.05, 0.1) is 6.04 Å². The molecular weight excluding hydrogens is 366 g/mol. The number of hydrogen-bond acceptors (Lipinski definition) is 5. The first-order valence-corrected chi connectivity index (χ1v) is 10.1. The van der Waals surface area contributed by atoms with Crippen LogP contribution in [0.4, 0.5) is 5.95 Å². The Kier molecular flexibility index (Phi) is 6.80. The van der Waals surface area contributed by atoms with E-state index in [2.05, 4.69) is 20.2 Å². The molecule has 1 aliphatic rings. The predicted octanol–water partition coefficient (Wildman–Crippen LogP) is 2.40. The molecule has 2 amide bonds. The largest absolute Gasteiger partial charge is 0.350 e. The van der Waals surface area contributed by atoms with Gasteiger partial charge in [-0.3, -0.25) is 9.59 Å². The fourth-order valence-corrected chi connectivity index (χ4v) is 3.52. The summed E-state index contributed by atoms with van der Waals surface area (Å²) in [4.78, 5) is 37.6. The lowest BCUT2D eigenvalue weighted by Gasteiger charge is -2.35. The Morgan fingerprint density at radius 1 is 1.00 bits per heavy atom. The molecule has 1 aromatic carbocycles. The second kappa shape index (κ2) is 9.49. The number of amides is 2. The van der Waals surface area contributed by atoms with Crippen molar-refractivity contribution in [3.63, 3.8) is 0 Å². The number of aryl methyl sites for hydroxylation is 2. The molecule has 1 aromatic heterocycles. The average Bonchev–Trinajstić information content (AvgIpc) is 2.72. The predicted molar refractivity (Wildman–Crippen MR) is 113 cm³/mol. The minimum atomic E-state index is -0.100. The summed E-state index contributed by atoms with van der Waals surface area (Å²) in [5, 5.41) is 2.96. The molecule has 0 saturated carbocycles. The third-order valence-corrected chi connectivity index (χ3v) is 5.13. The highest BCUT2D eigenvalue weighted by Crippen LogP contribution is 2.14. The SMILES string of the molecule is Cc1cc(C)nc(N2CCN(C(=O)CCC(=O)N[C@@H](C)c3ccccc3)CC2)n1. The van der Waals surface area contributed by atoms with Crippen LogP contribution in [0.5, 0.6) is 0 Å². The van der Waals surface area contributed by atoms with Crippen LogP contribution in [0.25, 0.3) is 0 Å². The third-order valence-electron chi connectivity index (χ3n) is 5.13. The number of rotatable bonds is 6. The van der Waals surface area contributed by atoms with Crippen LogP contribution in [0, 0.1) is 13.8 Å². The van der Waals surface area contributed by atoms with Crippen molar-refractivity contribution in [2.75, 3.05) is 31.1 Å². The van der Waals surface area contributed by atoms with Crippen LogP contribution in [-0.4, -0.2) is 52.9 Å². The molecule has 2 heterocycles. The van der Waals surface area contributed by atoms with Crippen molar-refractivity contribution in [2.24, 2.45) is 0 Å². The van der Waals surface area contributed by atoms with Crippen LogP contribution in [0.2, 0.25) is 0 Å². The molecule has 7 heteroatoms. The normalized spacial score (nSPS) is 15.1. The number of piperazine rings is 1. The van der Waals surface area contributed by atoms with E-state index in [-0.39, 0.29) is 30.7 Å². The van der Waals surface area contributed by atoms with Crippen molar-refractivity contribution >= 4 is 17.8 Å². The van der Waals surface area contributed by atoms with Crippen LogP contribution in [0.3, 0.4) is 0 Å². The maximum atomic E-state index is 12.5. The Morgan fingerprint density at radius 3 is 2.24 bits per heavy atom. The van der Waals surface area contributed by atoms with E-state index in [1.807, 2.05) is 62.1 Å². The Bertz CT molecular complexity index is 827. The molecule has 0 radical (unpaired) electrons. The van der Waals surface area contributed by atoms with Gasteiger partial charge in [0.15, 0.2) is 0 Å². The van der Waals surface area contributed by atoms with Crippen LogP contribution in [0.1, 0.15) is 42.8 Å². The topological polar surface area (TPSA) is 78.4 Å². The maximum Gasteiger partial charge on any atom is 0.225 e. The van der Waals surface area contributed by atoms with Crippen molar-refractivity contribution < 1.29 is 9.59 Å². The molecule has 1 fully saturated rings. The molecule has 154 valence electrons. The zero-order valence-corrected chi connectivity index (χ0v) is 17.4. The minimum absolute atomic E-state index is 0.0218. The highest BCUT2D eigenvalue weighted by atomic mass is 16.2. The van der Waals surface area contributed by atoms with Crippen molar-refractivity contribution in [1.82, 2.24) is 20.2 Å². The number of benzene rings is 1. The van der Waals surface area contributed by atoms with Crippen LogP contribution in [-0.2, 0) is 9.59 Å². The third kappa shape index (κ3) is 5.76. The van der Waals surface area contributed by atoms with Crippen molar-refractivity contribution in [3.05, 3.63) is 53.3 Å². The van der Waals surface area contributed by atoms with Gasteiger partial charge >= 0.3 is 0 Å². The average molecular weight is 396 g/mol. The monoisotopic (exact) mass is 395 g/mol. The number of aromatic nitrogens is 2. The van der Waals surface area contributed by atoms with Crippen molar-refractivity contribution in [3.8, 4) is 0 Å². The molecule has 1 N–H and O–H groups in total. The van der Waals surface area contributed by atoms with Gasteiger partial charge in [0.2, 0.25) is 17.8 Å². The summed E-state index contributed by atoms with van der Waals surface area (Å²) in [6, 6.07) is 11.7. The van der Waals surface area contributed by atoms with E-state index in [1.165, 1.54) is 0 Å². The molecule has 2 aromatic rings. The number of carbonyl (C=O) groups is 2. The number of nitrogens with zero attached hydrogens (tertiary/aromatic N) is 4. The summed E-state index contributed by atoms with van der Waals surface area (Å²) in [6.45, 7) is 8.51. The van der Waals surface area contributed by atoms with E-state index in [0.29, 0.717) is 26.2 Å². The summed E-state index contributed by atoms with van der Waals surface area (Å²) in [7, 11) is 0. The number of hydrogen-bond donors (Lipinski definition) is 1. The molecule has 1 aliphatic heterocycles. The van der Waals surface area contributed by atoms with Gasteiger partial charge in [-0.2, -0.15) is 0 Å². The molecule has 0 spiro atoms. The second-order valence-corrected chi connectivity index (χ2v) is 7.52. The summed E-state index contributed by atoms with van der Waals surface area (Å²) in [6.07, 6.45) is 0.434. The van der Waals surface area contributed by atoms with Crippen LogP contribution in [0.15, 0.2) is 36.4 Å². The highest BCUT2D eigenvalue weighted by molar-refractivity contribution is 5.84. The van der Waals surface area contributed by atoms with E-state index in [9.17, 15) is 9.59 Å². The molecule has 1 saturated heterocycles. The smallest absolute Gasteiger partial charge is 0.225 e. The molecule has 29 heavy (non-hydrogen) atoms. The van der Waals surface area contributed by atoms with Gasteiger partial charge in [0, 0.05) is 50.4 Å². The number of carbonyl (C=O) groups excluding carboxylic acids is 2. The molecule has 3 rings (SSSR count). The van der Waals surface area contributed by atoms with Gasteiger partial charge in [0.1, 0.15) is 0 Å². The molecule has 7 nitrogen and oxygen atoms in total. The van der Waals surface area contributed by atoms with Crippen molar-refractivity contribution in [1.29, 1.82) is 0 Å². The highest BCUT2D eigenvalue weighted by Gasteiger charge is 2.23. The second-order valence-electron chi connectivity index (χ2n) is 7.52. The minimum Gasteiger partial charge on any atom is -0.350 e. The summed E-state index contributed by atoms with van der Waals surface area (Å²) in [5.74, 6) is 0.648. The van der Waals surface area contributed by atoms with Gasteiger partial charge in [-0.05, 0) is 32.4 Å². The first-order chi connectivity index (χ1) is 13.9. The zero-order chi connectivity index (χ0) is 20.8. The molecule has 1 atom stereocenters. The summed E-state index contributed by atoms with van der Waals surface area (Å²) in [5.41, 5.74) is 2.94. The molecule has 0 unspecified atom stereocenters. The Labute approximate surface area is 172 Å². The molecule has 0 bridgehead atoms. The van der Waals surface area contributed by atoms with Crippen LogP contribution < -0.4 is 10.2 Å². The van der Waals surface area contributed by atoms with E-state index >= 15 is 0 Å². The van der Waals surface area contributed by atoms with Gasteiger partial charge in [-0.25, -0.2) is 9.97 Å². The number of anilines is 1. The van der Waals surface area contributed by atoms with Gasteiger partial charge < -0.3 is 15.1 Å². The first-order valence-electron chi connectivity index (χ1n) is 10.1. The summed E-state index contributed by atoms with van der Waals surface area (Å²) >= 11 is 0. The fourth-order valence-electron chi connectivity index (χ4n) is 3.52. The quantitative estimate of drug-likeness (QED) is 0.813. The van der Waals surface area contributed by atoms with E-state index in [1.54, 1.807) is 0 Å². The van der Waals surface area contributed by atoms with E-state index in [0.717, 1.165) is 22.9 Å². The maximum absolute atomic E-state index is 12.5. The molecule has 0 aliphatic carbocycles. The lowest BCUT2D eigenvalue weighted by Crippen LogP contribution is -2.49. The van der Waals surface area contributed by atoms with Gasteiger partial charge in [-0.15, -0.1) is 0 Å². The van der Waals surface area contributed by atoms with E-state index < -0.39 is 0 Å². The van der Waals surface area contributed by atoms with Crippen molar-refractivity contribution in [2.45, 2.75) is 39.7 Å². The lowest BCUT2D eigenvalue weighted by atomic mass is 10.1. The standard InChI is InChI=1S/C22H29N5O2/c1-16-15-17(2)24-22(23-16)27-13-11-26(12-14-27)21(29)10-9-20(28)25-18(3)19-7-5-4-6-8-19/h4-8,15,18H,9-14H2,1-3H3,(H,25,28)/t18-/m0/s1. The fraction of sp³-hybridized carbons (Fsp3) is 0.455. The summed E-state index contributed by atoms with van der Waals surface area (Å²) < 4.78 is 0. The first kappa shape index (κ1) is 20.8. The zero-order valence-electron chi connectivity index (χ0n) is 17.4. The van der Waals surface area contributed by atoms with E-state index in [4.69, 9.17) is 0 Å².